The summed E-state index contributed by atoms with van der Waals surface area (Å²) in [6.45, 7) is 0.469. The van der Waals surface area contributed by atoms with Crippen molar-refractivity contribution in [2.24, 2.45) is 0 Å². The summed E-state index contributed by atoms with van der Waals surface area (Å²) in [6, 6.07) is 11.2. The van der Waals surface area contributed by atoms with Crippen LogP contribution in [0.4, 0.5) is 14.5 Å². The highest BCUT2D eigenvalue weighted by Gasteiger charge is 2.04. The number of rotatable bonds is 3. The summed E-state index contributed by atoms with van der Waals surface area (Å²) in [5, 5.41) is 3.08. The Morgan fingerprint density at radius 2 is 1.82 bits per heavy atom. The van der Waals surface area contributed by atoms with Crippen LogP contribution in [0, 0.1) is 15.2 Å². The van der Waals surface area contributed by atoms with E-state index < -0.39 is 0 Å². The monoisotopic (exact) mass is 345 g/mol. The molecule has 0 aliphatic heterocycles. The normalized spacial score (nSPS) is 10.3. The van der Waals surface area contributed by atoms with Gasteiger partial charge in [-0.3, -0.25) is 0 Å². The van der Waals surface area contributed by atoms with Crippen molar-refractivity contribution in [1.82, 2.24) is 0 Å². The highest BCUT2D eigenvalue weighted by Crippen LogP contribution is 2.21. The minimum absolute atomic E-state index is 0.255. The lowest BCUT2D eigenvalue weighted by Crippen LogP contribution is -2.02. The molecule has 0 saturated heterocycles. The van der Waals surface area contributed by atoms with Gasteiger partial charge in [0.05, 0.1) is 9.26 Å². The van der Waals surface area contributed by atoms with Crippen molar-refractivity contribution in [3.8, 4) is 0 Å². The molecular weight excluding hydrogens is 335 g/mol. The maximum atomic E-state index is 13.3. The second-order valence-corrected chi connectivity index (χ2v) is 4.66. The van der Waals surface area contributed by atoms with E-state index in [0.717, 1.165) is 11.3 Å². The Morgan fingerprint density at radius 1 is 1.06 bits per heavy atom. The van der Waals surface area contributed by atoms with E-state index in [0.29, 0.717) is 10.1 Å². The lowest BCUT2D eigenvalue weighted by molar-refractivity contribution is 0.620. The fourth-order valence-corrected chi connectivity index (χ4v) is 2.03. The van der Waals surface area contributed by atoms with Gasteiger partial charge in [-0.05, 0) is 52.4 Å². The van der Waals surface area contributed by atoms with Crippen molar-refractivity contribution in [3.05, 3.63) is 63.2 Å². The van der Waals surface area contributed by atoms with E-state index in [9.17, 15) is 8.78 Å². The molecule has 0 heterocycles. The van der Waals surface area contributed by atoms with Crippen LogP contribution >= 0.6 is 22.6 Å². The number of benzene rings is 2. The van der Waals surface area contributed by atoms with Gasteiger partial charge in [0.1, 0.15) is 11.6 Å². The van der Waals surface area contributed by atoms with E-state index in [4.69, 9.17) is 0 Å². The summed E-state index contributed by atoms with van der Waals surface area (Å²) in [6.07, 6.45) is 0. The molecule has 0 spiro atoms. The first kappa shape index (κ1) is 12.3. The number of anilines is 1. The molecule has 2 rings (SSSR count). The lowest BCUT2D eigenvalue weighted by Gasteiger charge is -2.09. The van der Waals surface area contributed by atoms with Gasteiger partial charge in [-0.1, -0.05) is 18.2 Å². The van der Waals surface area contributed by atoms with E-state index in [1.54, 1.807) is 18.2 Å². The van der Waals surface area contributed by atoms with Gasteiger partial charge in [-0.15, -0.1) is 0 Å². The summed E-state index contributed by atoms with van der Waals surface area (Å²) in [5.74, 6) is -0.520. The summed E-state index contributed by atoms with van der Waals surface area (Å²) in [4.78, 5) is 0. The van der Waals surface area contributed by atoms with Crippen LogP contribution in [0.5, 0.6) is 0 Å². The van der Waals surface area contributed by atoms with Gasteiger partial charge in [-0.2, -0.15) is 0 Å². The third-order valence-electron chi connectivity index (χ3n) is 2.32. The first-order valence-electron chi connectivity index (χ1n) is 5.09. The zero-order valence-corrected chi connectivity index (χ0v) is 11.0. The Morgan fingerprint density at radius 3 is 2.59 bits per heavy atom. The summed E-state index contributed by atoms with van der Waals surface area (Å²) >= 11 is 1.94. The zero-order chi connectivity index (χ0) is 12.3. The van der Waals surface area contributed by atoms with Crippen LogP contribution in [-0.2, 0) is 6.54 Å². The van der Waals surface area contributed by atoms with Crippen LogP contribution < -0.4 is 5.32 Å². The fraction of sp³-hybridized carbons (Fsp3) is 0.0769. The Hall–Kier alpha value is -1.17. The minimum atomic E-state index is -0.266. The molecule has 0 bridgehead atoms. The van der Waals surface area contributed by atoms with Crippen LogP contribution in [0.3, 0.4) is 0 Å². The molecule has 0 amide bonds. The van der Waals surface area contributed by atoms with Crippen molar-refractivity contribution in [3.63, 3.8) is 0 Å². The Bertz CT molecular complexity index is 529. The average molecular weight is 345 g/mol. The molecule has 17 heavy (non-hydrogen) atoms. The molecular formula is C13H10F2IN. The molecule has 88 valence electrons. The quantitative estimate of drug-likeness (QED) is 0.823. The van der Waals surface area contributed by atoms with Crippen molar-refractivity contribution >= 4 is 28.3 Å². The van der Waals surface area contributed by atoms with Crippen molar-refractivity contribution in [2.45, 2.75) is 6.54 Å². The molecule has 0 aromatic heterocycles. The van der Waals surface area contributed by atoms with Gasteiger partial charge >= 0.3 is 0 Å². The maximum Gasteiger partial charge on any atom is 0.138 e. The molecule has 2 aromatic carbocycles. The second kappa shape index (κ2) is 5.44. The van der Waals surface area contributed by atoms with Gasteiger partial charge in [0.25, 0.3) is 0 Å². The highest BCUT2D eigenvalue weighted by molar-refractivity contribution is 14.1. The van der Waals surface area contributed by atoms with E-state index in [1.165, 1.54) is 18.2 Å². The number of halogens is 3. The Labute approximate surface area is 112 Å². The number of hydrogen-bond donors (Lipinski definition) is 1. The standard InChI is InChI=1S/C13H10F2IN/c14-10-4-1-3-9(7-10)8-17-12-6-2-5-11(15)13(12)16/h1-7,17H,8H2. The number of hydrogen-bond acceptors (Lipinski definition) is 1. The van der Waals surface area contributed by atoms with Crippen molar-refractivity contribution in [1.29, 1.82) is 0 Å². The fourth-order valence-electron chi connectivity index (χ4n) is 1.48. The summed E-state index contributed by atoms with van der Waals surface area (Å²) < 4.78 is 26.8. The molecule has 0 aliphatic carbocycles. The Kier molecular flexibility index (Phi) is 3.93. The molecule has 1 N–H and O–H groups in total. The molecule has 4 heteroatoms. The molecule has 0 aliphatic rings. The topological polar surface area (TPSA) is 12.0 Å². The maximum absolute atomic E-state index is 13.3. The molecule has 0 atom stereocenters. The van der Waals surface area contributed by atoms with Crippen LogP contribution in [0.25, 0.3) is 0 Å². The number of nitrogens with one attached hydrogen (secondary N) is 1. The first-order chi connectivity index (χ1) is 8.16. The second-order valence-electron chi connectivity index (χ2n) is 3.58. The molecule has 0 radical (unpaired) electrons. The molecule has 1 nitrogen and oxygen atoms in total. The zero-order valence-electron chi connectivity index (χ0n) is 8.88. The first-order valence-corrected chi connectivity index (χ1v) is 6.17. The summed E-state index contributed by atoms with van der Waals surface area (Å²) in [7, 11) is 0. The van der Waals surface area contributed by atoms with Gasteiger partial charge in [0, 0.05) is 6.54 Å². The minimum Gasteiger partial charge on any atom is -0.380 e. The molecule has 0 saturated carbocycles. The molecule has 0 unspecified atom stereocenters. The largest absolute Gasteiger partial charge is 0.380 e. The van der Waals surface area contributed by atoms with Gasteiger partial charge < -0.3 is 5.32 Å². The van der Waals surface area contributed by atoms with Gasteiger partial charge in [-0.25, -0.2) is 8.78 Å². The van der Waals surface area contributed by atoms with Crippen LogP contribution in [-0.4, -0.2) is 0 Å². The SMILES string of the molecule is Fc1cccc(CNc2cccc(F)c2I)c1. The Balaban J connectivity index is 2.10. The van der Waals surface area contributed by atoms with Crippen molar-refractivity contribution < 1.29 is 8.78 Å². The van der Waals surface area contributed by atoms with Crippen LogP contribution in [0.2, 0.25) is 0 Å². The average Bonchev–Trinajstić information content (AvgIpc) is 2.31. The van der Waals surface area contributed by atoms with Crippen molar-refractivity contribution in [2.75, 3.05) is 5.32 Å². The highest BCUT2D eigenvalue weighted by atomic mass is 127. The third kappa shape index (κ3) is 3.15. The predicted octanol–water partition coefficient (Wildman–Crippen LogP) is 4.18. The smallest absolute Gasteiger partial charge is 0.138 e. The van der Waals surface area contributed by atoms with Gasteiger partial charge in [0.15, 0.2) is 0 Å². The van der Waals surface area contributed by atoms with E-state index in [2.05, 4.69) is 5.32 Å². The van der Waals surface area contributed by atoms with E-state index in [-0.39, 0.29) is 11.6 Å². The van der Waals surface area contributed by atoms with Crippen LogP contribution in [0.15, 0.2) is 42.5 Å². The molecule has 0 fully saturated rings. The van der Waals surface area contributed by atoms with Gasteiger partial charge in [0.2, 0.25) is 0 Å². The van der Waals surface area contributed by atoms with Crippen LogP contribution in [0.1, 0.15) is 5.56 Å². The lowest BCUT2D eigenvalue weighted by atomic mass is 10.2. The predicted molar refractivity (Wildman–Crippen MR) is 72.8 cm³/mol. The molecule has 2 aromatic rings. The van der Waals surface area contributed by atoms with E-state index in [1.807, 2.05) is 28.7 Å². The van der Waals surface area contributed by atoms with E-state index >= 15 is 0 Å². The summed E-state index contributed by atoms with van der Waals surface area (Å²) in [5.41, 5.74) is 1.54. The third-order valence-corrected chi connectivity index (χ3v) is 3.42.